The maximum Gasteiger partial charge on any atom is 0.338 e. The average molecular weight is 378 g/mol. The molecule has 1 heterocycles. The van der Waals surface area contributed by atoms with Crippen molar-refractivity contribution in [2.24, 2.45) is 0 Å². The highest BCUT2D eigenvalue weighted by molar-refractivity contribution is 5.90. The summed E-state index contributed by atoms with van der Waals surface area (Å²) >= 11 is 0. The highest BCUT2D eigenvalue weighted by Gasteiger charge is 2.38. The van der Waals surface area contributed by atoms with Crippen LogP contribution in [0.4, 0.5) is 0 Å². The Morgan fingerprint density at radius 3 is 2.07 bits per heavy atom. The van der Waals surface area contributed by atoms with Crippen LogP contribution in [0, 0.1) is 26.2 Å². The predicted octanol–water partition coefficient (Wildman–Crippen LogP) is 3.48. The molecule has 2 aromatic rings. The monoisotopic (exact) mass is 378 g/mol. The van der Waals surface area contributed by atoms with Crippen molar-refractivity contribution < 1.29 is 23.8 Å². The minimum Gasteiger partial charge on any atom is -0.459 e. The summed E-state index contributed by atoms with van der Waals surface area (Å²) in [5.74, 6) is 1.60. The van der Waals surface area contributed by atoms with Crippen molar-refractivity contribution in [1.29, 1.82) is 0 Å². The van der Waals surface area contributed by atoms with E-state index in [1.807, 2.05) is 38.1 Å². The summed E-state index contributed by atoms with van der Waals surface area (Å²) in [4.78, 5) is 24.6. The quantitative estimate of drug-likeness (QED) is 0.589. The van der Waals surface area contributed by atoms with Crippen LogP contribution < -0.4 is 0 Å². The van der Waals surface area contributed by atoms with Gasteiger partial charge < -0.3 is 14.2 Å². The molecule has 0 amide bonds. The molecule has 5 nitrogen and oxygen atoms in total. The zero-order valence-corrected chi connectivity index (χ0v) is 15.9. The molecular formula is C23H22O5. The summed E-state index contributed by atoms with van der Waals surface area (Å²) in [5, 5.41) is 0. The number of terminal acetylenes is 1. The van der Waals surface area contributed by atoms with Crippen LogP contribution >= 0.6 is 0 Å². The Labute approximate surface area is 164 Å². The predicted molar refractivity (Wildman–Crippen MR) is 104 cm³/mol. The molecule has 2 aromatic carbocycles. The zero-order valence-electron chi connectivity index (χ0n) is 15.9. The SMILES string of the molecule is C#C[C@@H]1C[C@H](OC(=O)c2ccc(C)cc2)[C@@H](COC(=O)c2ccc(C)cc2)O1. The first-order valence-electron chi connectivity index (χ1n) is 9.09. The van der Waals surface area contributed by atoms with Gasteiger partial charge in [-0.2, -0.15) is 0 Å². The molecule has 1 aliphatic heterocycles. The van der Waals surface area contributed by atoms with Crippen molar-refractivity contribution >= 4 is 11.9 Å². The van der Waals surface area contributed by atoms with Gasteiger partial charge in [0.25, 0.3) is 0 Å². The van der Waals surface area contributed by atoms with Crippen molar-refractivity contribution in [2.45, 2.75) is 38.6 Å². The second-order valence-corrected chi connectivity index (χ2v) is 6.84. The molecular weight excluding hydrogens is 356 g/mol. The molecule has 3 atom stereocenters. The molecule has 0 spiro atoms. The molecule has 28 heavy (non-hydrogen) atoms. The molecule has 0 bridgehead atoms. The normalized spacial score (nSPS) is 21.0. The third kappa shape index (κ3) is 4.79. The molecule has 144 valence electrons. The van der Waals surface area contributed by atoms with Crippen molar-refractivity contribution in [2.75, 3.05) is 6.61 Å². The minimum absolute atomic E-state index is 0.0449. The van der Waals surface area contributed by atoms with Gasteiger partial charge in [0.1, 0.15) is 24.9 Å². The van der Waals surface area contributed by atoms with Gasteiger partial charge in [0.2, 0.25) is 0 Å². The van der Waals surface area contributed by atoms with Crippen LogP contribution in [0.1, 0.15) is 38.3 Å². The van der Waals surface area contributed by atoms with E-state index in [1.165, 1.54) is 0 Å². The van der Waals surface area contributed by atoms with Crippen LogP contribution in [0.25, 0.3) is 0 Å². The van der Waals surface area contributed by atoms with Gasteiger partial charge in [-0.1, -0.05) is 41.3 Å². The van der Waals surface area contributed by atoms with Crippen LogP contribution in [-0.4, -0.2) is 36.9 Å². The summed E-state index contributed by atoms with van der Waals surface area (Å²) in [5.41, 5.74) is 3.00. The van der Waals surface area contributed by atoms with E-state index >= 15 is 0 Å². The van der Waals surface area contributed by atoms with E-state index in [0.717, 1.165) is 11.1 Å². The zero-order chi connectivity index (χ0) is 20.1. The molecule has 0 aromatic heterocycles. The third-order valence-corrected chi connectivity index (χ3v) is 4.60. The number of hydrogen-bond acceptors (Lipinski definition) is 5. The first-order chi connectivity index (χ1) is 13.5. The van der Waals surface area contributed by atoms with Crippen LogP contribution in [0.3, 0.4) is 0 Å². The van der Waals surface area contributed by atoms with Gasteiger partial charge in [-0.05, 0) is 38.1 Å². The van der Waals surface area contributed by atoms with Crippen molar-refractivity contribution in [3.63, 3.8) is 0 Å². The first kappa shape index (κ1) is 19.7. The number of aryl methyl sites for hydroxylation is 2. The lowest BCUT2D eigenvalue weighted by Crippen LogP contribution is -2.32. The molecule has 0 N–H and O–H groups in total. The van der Waals surface area contributed by atoms with Crippen LogP contribution in [0.2, 0.25) is 0 Å². The van der Waals surface area contributed by atoms with Crippen LogP contribution in [0.5, 0.6) is 0 Å². The second-order valence-electron chi connectivity index (χ2n) is 6.84. The third-order valence-electron chi connectivity index (χ3n) is 4.60. The summed E-state index contributed by atoms with van der Waals surface area (Å²) in [6.07, 6.45) is 4.14. The highest BCUT2D eigenvalue weighted by Crippen LogP contribution is 2.25. The van der Waals surface area contributed by atoms with Gasteiger partial charge in [0.05, 0.1) is 11.1 Å². The summed E-state index contributed by atoms with van der Waals surface area (Å²) in [7, 11) is 0. The number of hydrogen-bond donors (Lipinski definition) is 0. The Kier molecular flexibility index (Phi) is 6.13. The first-order valence-corrected chi connectivity index (χ1v) is 9.09. The Bertz CT molecular complexity index is 877. The van der Waals surface area contributed by atoms with E-state index in [-0.39, 0.29) is 6.61 Å². The average Bonchev–Trinajstić information content (AvgIpc) is 3.09. The van der Waals surface area contributed by atoms with E-state index < -0.39 is 30.3 Å². The van der Waals surface area contributed by atoms with E-state index in [1.54, 1.807) is 24.3 Å². The highest BCUT2D eigenvalue weighted by atomic mass is 16.6. The largest absolute Gasteiger partial charge is 0.459 e. The molecule has 5 heteroatoms. The molecule has 0 saturated carbocycles. The Hall–Kier alpha value is -3.10. The fraction of sp³-hybridized carbons (Fsp3) is 0.304. The standard InChI is InChI=1S/C23H22O5/c1-4-19-13-20(28-23(25)18-11-7-16(3)8-12-18)21(27-19)14-26-22(24)17-9-5-15(2)6-10-17/h1,5-12,19-21H,13-14H2,2-3H3/t19-,20+,21-/m1/s1. The molecule has 3 rings (SSSR count). The maximum absolute atomic E-state index is 12.4. The molecule has 1 aliphatic rings. The van der Waals surface area contributed by atoms with Crippen LogP contribution in [-0.2, 0) is 14.2 Å². The van der Waals surface area contributed by atoms with Crippen molar-refractivity contribution in [1.82, 2.24) is 0 Å². The van der Waals surface area contributed by atoms with E-state index in [2.05, 4.69) is 5.92 Å². The fourth-order valence-corrected chi connectivity index (χ4v) is 2.92. The number of ether oxygens (including phenoxy) is 3. The minimum atomic E-state index is -0.607. The maximum atomic E-state index is 12.4. The fourth-order valence-electron chi connectivity index (χ4n) is 2.92. The van der Waals surface area contributed by atoms with Gasteiger partial charge in [0.15, 0.2) is 0 Å². The number of carbonyl (C=O) groups is 2. The van der Waals surface area contributed by atoms with E-state index in [0.29, 0.717) is 17.5 Å². The smallest absolute Gasteiger partial charge is 0.338 e. The Balaban J connectivity index is 1.62. The topological polar surface area (TPSA) is 61.8 Å². The van der Waals surface area contributed by atoms with Gasteiger partial charge in [-0.25, -0.2) is 9.59 Å². The second kappa shape index (κ2) is 8.73. The number of esters is 2. The van der Waals surface area contributed by atoms with Gasteiger partial charge in [-0.3, -0.25) is 0 Å². The van der Waals surface area contributed by atoms with Crippen molar-refractivity contribution in [3.8, 4) is 12.3 Å². The summed E-state index contributed by atoms with van der Waals surface area (Å²) in [6, 6.07) is 14.2. The van der Waals surface area contributed by atoms with E-state index in [9.17, 15) is 9.59 Å². The summed E-state index contributed by atoms with van der Waals surface area (Å²) in [6.45, 7) is 3.83. The lowest BCUT2D eigenvalue weighted by atomic mass is 10.1. The lowest BCUT2D eigenvalue weighted by Gasteiger charge is -2.19. The van der Waals surface area contributed by atoms with Crippen molar-refractivity contribution in [3.05, 3.63) is 70.8 Å². The molecule has 0 aliphatic carbocycles. The number of rotatable bonds is 5. The Morgan fingerprint density at radius 1 is 1.00 bits per heavy atom. The molecule has 0 radical (unpaired) electrons. The molecule has 1 saturated heterocycles. The lowest BCUT2D eigenvalue weighted by molar-refractivity contribution is -0.0347. The number of benzene rings is 2. The van der Waals surface area contributed by atoms with Gasteiger partial charge in [-0.15, -0.1) is 6.42 Å². The van der Waals surface area contributed by atoms with E-state index in [4.69, 9.17) is 20.6 Å². The summed E-state index contributed by atoms with van der Waals surface area (Å²) < 4.78 is 16.6. The van der Waals surface area contributed by atoms with Gasteiger partial charge >= 0.3 is 11.9 Å². The number of carbonyl (C=O) groups excluding carboxylic acids is 2. The Morgan fingerprint density at radius 2 is 1.54 bits per heavy atom. The molecule has 1 fully saturated rings. The molecule has 0 unspecified atom stereocenters. The van der Waals surface area contributed by atoms with Crippen LogP contribution in [0.15, 0.2) is 48.5 Å². The van der Waals surface area contributed by atoms with Gasteiger partial charge in [0, 0.05) is 6.42 Å².